The van der Waals surface area contributed by atoms with Crippen molar-refractivity contribution in [3.8, 4) is 0 Å². The Hall–Kier alpha value is -3.10. The maximum Gasteiger partial charge on any atom is 0.326 e. The van der Waals surface area contributed by atoms with Crippen LogP contribution in [0.1, 0.15) is 32.1 Å². The second kappa shape index (κ2) is 10.6. The van der Waals surface area contributed by atoms with Crippen LogP contribution in [0.4, 0.5) is 16.2 Å². The number of carbonyl (C=O) groups excluding carboxylic acids is 2. The quantitative estimate of drug-likeness (QED) is 0.224. The molecule has 3 aromatic rings. The molecule has 3 amide bonds. The third kappa shape index (κ3) is 5.95. The van der Waals surface area contributed by atoms with Gasteiger partial charge in [-0.25, -0.2) is 10.3 Å². The van der Waals surface area contributed by atoms with E-state index in [4.69, 9.17) is 16.8 Å². The number of anilines is 2. The van der Waals surface area contributed by atoms with Crippen molar-refractivity contribution in [2.45, 2.75) is 32.1 Å². The first-order valence-corrected chi connectivity index (χ1v) is 10.1. The van der Waals surface area contributed by atoms with Crippen molar-refractivity contribution in [3.05, 3.63) is 53.7 Å². The van der Waals surface area contributed by atoms with Gasteiger partial charge in [0, 0.05) is 34.7 Å². The number of fused-ring (bicyclic) bond motifs is 1. The molecule has 158 valence electrons. The van der Waals surface area contributed by atoms with Crippen molar-refractivity contribution >= 4 is 45.8 Å². The zero-order chi connectivity index (χ0) is 21.3. The summed E-state index contributed by atoms with van der Waals surface area (Å²) in [5.74, 6) is -0.382. The second-order valence-electron chi connectivity index (χ2n) is 6.93. The fourth-order valence-corrected chi connectivity index (χ4v) is 3.26. The Labute approximate surface area is 179 Å². The van der Waals surface area contributed by atoms with E-state index in [0.717, 1.165) is 35.9 Å². The lowest BCUT2D eigenvalue weighted by Crippen LogP contribution is -2.35. The summed E-state index contributed by atoms with van der Waals surface area (Å²) in [6.07, 6.45) is 5.16. The summed E-state index contributed by atoms with van der Waals surface area (Å²) in [4.78, 5) is 25.8. The van der Waals surface area contributed by atoms with Gasteiger partial charge in [0.25, 0.3) is 0 Å². The van der Waals surface area contributed by atoms with Gasteiger partial charge in [-0.2, -0.15) is 5.10 Å². The van der Waals surface area contributed by atoms with E-state index in [9.17, 15) is 9.59 Å². The summed E-state index contributed by atoms with van der Waals surface area (Å²) < 4.78 is 0. The molecular weight excluding hydrogens is 406 g/mol. The highest BCUT2D eigenvalue weighted by molar-refractivity contribution is 6.30. The number of halogens is 1. The minimum atomic E-state index is -0.382. The highest BCUT2D eigenvalue weighted by Gasteiger charge is 2.16. The number of hydroxylamine groups is 1. The van der Waals surface area contributed by atoms with Crippen LogP contribution in [0.25, 0.3) is 10.9 Å². The average molecular weight is 430 g/mol. The molecule has 9 heteroatoms. The Morgan fingerprint density at radius 3 is 2.60 bits per heavy atom. The molecule has 1 heterocycles. The first-order chi connectivity index (χ1) is 14.6. The van der Waals surface area contributed by atoms with Crippen LogP contribution < -0.4 is 15.7 Å². The molecule has 1 aromatic heterocycles. The molecule has 0 unspecified atom stereocenters. The zero-order valence-electron chi connectivity index (χ0n) is 16.4. The van der Waals surface area contributed by atoms with Gasteiger partial charge >= 0.3 is 6.03 Å². The van der Waals surface area contributed by atoms with Crippen molar-refractivity contribution in [2.24, 2.45) is 0 Å². The van der Waals surface area contributed by atoms with Crippen molar-refractivity contribution in [1.82, 2.24) is 15.7 Å². The standard InChI is InChI=1S/C21H24ClN5O3/c22-16-6-8-17(9-7-16)24-21(29)27(12-4-2-1-3-5-20(28)26-30)18-10-11-19-15(13-18)14-23-25-19/h6-11,13-14,30H,1-5,12H2,(H,23,25)(H,24,29)(H,26,28). The van der Waals surface area contributed by atoms with Crippen molar-refractivity contribution in [1.29, 1.82) is 0 Å². The predicted octanol–water partition coefficient (Wildman–Crippen LogP) is 4.71. The van der Waals surface area contributed by atoms with Gasteiger partial charge in [0.15, 0.2) is 0 Å². The van der Waals surface area contributed by atoms with E-state index in [0.29, 0.717) is 23.7 Å². The second-order valence-corrected chi connectivity index (χ2v) is 7.37. The fourth-order valence-electron chi connectivity index (χ4n) is 3.14. The molecule has 0 aliphatic rings. The van der Waals surface area contributed by atoms with Crippen molar-refractivity contribution < 1.29 is 14.8 Å². The molecule has 8 nitrogen and oxygen atoms in total. The normalized spacial score (nSPS) is 10.7. The molecular formula is C21H24ClN5O3. The molecule has 0 saturated heterocycles. The van der Waals surface area contributed by atoms with Gasteiger partial charge in [0.05, 0.1) is 11.7 Å². The van der Waals surface area contributed by atoms with E-state index < -0.39 is 0 Å². The number of hydrogen-bond donors (Lipinski definition) is 4. The average Bonchev–Trinajstić information content (AvgIpc) is 3.22. The number of nitrogens with zero attached hydrogens (tertiary/aromatic N) is 2. The van der Waals surface area contributed by atoms with Crippen LogP contribution in [0.3, 0.4) is 0 Å². The molecule has 0 aliphatic carbocycles. The lowest BCUT2D eigenvalue weighted by molar-refractivity contribution is -0.129. The highest BCUT2D eigenvalue weighted by atomic mass is 35.5. The Morgan fingerprint density at radius 2 is 1.83 bits per heavy atom. The lowest BCUT2D eigenvalue weighted by atomic mass is 10.1. The van der Waals surface area contributed by atoms with Gasteiger partial charge < -0.3 is 5.32 Å². The molecule has 0 aliphatic heterocycles. The number of aromatic nitrogens is 2. The Bertz CT molecular complexity index is 990. The number of benzene rings is 2. The summed E-state index contributed by atoms with van der Waals surface area (Å²) >= 11 is 5.92. The molecule has 0 saturated carbocycles. The first-order valence-electron chi connectivity index (χ1n) is 9.77. The summed E-state index contributed by atoms with van der Waals surface area (Å²) in [6, 6.07) is 12.4. The van der Waals surface area contributed by atoms with E-state index in [2.05, 4.69) is 15.5 Å². The first kappa shape index (κ1) is 21.6. The summed E-state index contributed by atoms with van der Waals surface area (Å²) in [7, 11) is 0. The number of unbranched alkanes of at least 4 members (excludes halogenated alkanes) is 3. The molecule has 2 aromatic carbocycles. The SMILES string of the molecule is O=C(CCCCCCN(C(=O)Nc1ccc(Cl)cc1)c1ccc2[nH]ncc2c1)NO. The minimum Gasteiger partial charge on any atom is -0.308 e. The minimum absolute atomic E-state index is 0.236. The number of hydrogen-bond acceptors (Lipinski definition) is 4. The van der Waals surface area contributed by atoms with Crippen LogP contribution in [-0.2, 0) is 4.79 Å². The van der Waals surface area contributed by atoms with Gasteiger partial charge in [-0.15, -0.1) is 0 Å². The third-order valence-corrected chi connectivity index (χ3v) is 4.99. The molecule has 0 fully saturated rings. The van der Waals surface area contributed by atoms with E-state index in [1.54, 1.807) is 40.8 Å². The van der Waals surface area contributed by atoms with Crippen LogP contribution in [0.5, 0.6) is 0 Å². The van der Waals surface area contributed by atoms with Crippen molar-refractivity contribution in [2.75, 3.05) is 16.8 Å². The molecule has 3 rings (SSSR count). The molecule has 0 spiro atoms. The van der Waals surface area contributed by atoms with Crippen LogP contribution in [0, 0.1) is 0 Å². The number of urea groups is 1. The number of aromatic amines is 1. The van der Waals surface area contributed by atoms with Gasteiger partial charge in [-0.05, 0) is 55.3 Å². The fraction of sp³-hybridized carbons (Fsp3) is 0.286. The Balaban J connectivity index is 1.65. The van der Waals surface area contributed by atoms with Crippen LogP contribution in [-0.4, -0.2) is 33.9 Å². The summed E-state index contributed by atoms with van der Waals surface area (Å²) in [5.41, 5.74) is 3.97. The lowest BCUT2D eigenvalue weighted by Gasteiger charge is -2.23. The highest BCUT2D eigenvalue weighted by Crippen LogP contribution is 2.23. The summed E-state index contributed by atoms with van der Waals surface area (Å²) in [5, 5.41) is 19.9. The third-order valence-electron chi connectivity index (χ3n) is 4.74. The van der Waals surface area contributed by atoms with Gasteiger partial charge in [0.1, 0.15) is 0 Å². The molecule has 0 radical (unpaired) electrons. The zero-order valence-corrected chi connectivity index (χ0v) is 17.2. The van der Waals surface area contributed by atoms with E-state index in [1.165, 1.54) is 0 Å². The summed E-state index contributed by atoms with van der Waals surface area (Å²) in [6.45, 7) is 0.523. The largest absolute Gasteiger partial charge is 0.326 e. The predicted molar refractivity (Wildman–Crippen MR) is 117 cm³/mol. The van der Waals surface area contributed by atoms with Crippen LogP contribution >= 0.6 is 11.6 Å². The maximum absolute atomic E-state index is 13.0. The molecule has 30 heavy (non-hydrogen) atoms. The van der Waals surface area contributed by atoms with E-state index >= 15 is 0 Å². The maximum atomic E-state index is 13.0. The van der Waals surface area contributed by atoms with Crippen LogP contribution in [0.15, 0.2) is 48.7 Å². The number of carbonyl (C=O) groups is 2. The smallest absolute Gasteiger partial charge is 0.308 e. The number of rotatable bonds is 9. The molecule has 0 atom stereocenters. The topological polar surface area (TPSA) is 110 Å². The molecule has 4 N–H and O–H groups in total. The van der Waals surface area contributed by atoms with Crippen molar-refractivity contribution in [3.63, 3.8) is 0 Å². The Morgan fingerprint density at radius 1 is 1.07 bits per heavy atom. The number of H-pyrrole nitrogens is 1. The van der Waals surface area contributed by atoms with Gasteiger partial charge in [-0.1, -0.05) is 24.4 Å². The molecule has 0 bridgehead atoms. The van der Waals surface area contributed by atoms with Gasteiger partial charge in [0.2, 0.25) is 5.91 Å². The van der Waals surface area contributed by atoms with Gasteiger partial charge in [-0.3, -0.25) is 20.0 Å². The Kier molecular flexibility index (Phi) is 7.64. The monoisotopic (exact) mass is 429 g/mol. The number of nitrogens with one attached hydrogen (secondary N) is 3. The number of amides is 3. The van der Waals surface area contributed by atoms with E-state index in [1.807, 2.05) is 18.2 Å². The van der Waals surface area contributed by atoms with Crippen LogP contribution in [0.2, 0.25) is 5.02 Å². The van der Waals surface area contributed by atoms with E-state index in [-0.39, 0.29) is 18.4 Å².